The van der Waals surface area contributed by atoms with E-state index in [0.29, 0.717) is 0 Å². The van der Waals surface area contributed by atoms with E-state index in [2.05, 4.69) is 0 Å². The molecule has 0 spiro atoms. The number of aliphatic hydroxyl groups excluding tert-OH is 6. The fourth-order valence-electron chi connectivity index (χ4n) is 1.53. The number of rotatable bonds is 7. The second kappa shape index (κ2) is 8.03. The molecule has 0 fully saturated rings. The third kappa shape index (κ3) is 4.74. The molecular formula is C13H18O8. The summed E-state index contributed by atoms with van der Waals surface area (Å²) in [6, 6.07) is 7.73. The predicted octanol–water partition coefficient (Wildman–Crippen LogP) is -2.61. The number of esters is 1. The molecule has 0 aliphatic carbocycles. The molecule has 8 heteroatoms. The molecule has 6 N–H and O–H groups in total. The van der Waals surface area contributed by atoms with Crippen molar-refractivity contribution in [2.24, 2.45) is 0 Å². The summed E-state index contributed by atoms with van der Waals surface area (Å²) in [4.78, 5) is 11.6. The van der Waals surface area contributed by atoms with Crippen LogP contribution in [0.3, 0.4) is 0 Å². The summed E-state index contributed by atoms with van der Waals surface area (Å²) in [7, 11) is 0. The lowest BCUT2D eigenvalue weighted by Crippen LogP contribution is -2.52. The van der Waals surface area contributed by atoms with Crippen molar-refractivity contribution >= 4 is 5.97 Å². The quantitative estimate of drug-likeness (QED) is 0.237. The van der Waals surface area contributed by atoms with Gasteiger partial charge in [0.1, 0.15) is 30.2 Å². The van der Waals surface area contributed by atoms with Gasteiger partial charge in [-0.15, -0.1) is 0 Å². The first-order valence-corrected chi connectivity index (χ1v) is 6.16. The molecule has 0 aliphatic rings. The predicted molar refractivity (Wildman–Crippen MR) is 69.2 cm³/mol. The Hall–Kier alpha value is -1.55. The van der Waals surface area contributed by atoms with Gasteiger partial charge < -0.3 is 35.4 Å². The normalized spacial score (nSPS) is 18.4. The highest BCUT2D eigenvalue weighted by Crippen LogP contribution is 2.13. The highest BCUT2D eigenvalue weighted by atomic mass is 16.6. The van der Waals surface area contributed by atoms with Crippen LogP contribution in [0.4, 0.5) is 0 Å². The zero-order valence-electron chi connectivity index (χ0n) is 11.0. The van der Waals surface area contributed by atoms with Crippen LogP contribution in [0.2, 0.25) is 0 Å². The number of hydrogen-bond donors (Lipinski definition) is 6. The molecule has 8 nitrogen and oxygen atoms in total. The molecule has 0 aromatic heterocycles. The van der Waals surface area contributed by atoms with E-state index in [4.69, 9.17) is 14.9 Å². The van der Waals surface area contributed by atoms with Gasteiger partial charge in [-0.05, 0) is 12.1 Å². The number of para-hydroxylation sites is 1. The topological polar surface area (TPSA) is 148 Å². The number of benzene rings is 1. The van der Waals surface area contributed by atoms with Crippen LogP contribution in [0, 0.1) is 0 Å². The molecule has 5 atom stereocenters. The van der Waals surface area contributed by atoms with E-state index in [-0.39, 0.29) is 5.75 Å². The summed E-state index contributed by atoms with van der Waals surface area (Å²) < 4.78 is 4.76. The summed E-state index contributed by atoms with van der Waals surface area (Å²) >= 11 is 0. The van der Waals surface area contributed by atoms with Crippen LogP contribution in [-0.2, 0) is 4.79 Å². The zero-order valence-corrected chi connectivity index (χ0v) is 11.0. The second-order valence-corrected chi connectivity index (χ2v) is 4.40. The van der Waals surface area contributed by atoms with Crippen LogP contribution in [0.15, 0.2) is 30.3 Å². The fourth-order valence-corrected chi connectivity index (χ4v) is 1.53. The van der Waals surface area contributed by atoms with Crippen LogP contribution in [0.25, 0.3) is 0 Å². The van der Waals surface area contributed by atoms with E-state index < -0.39 is 43.1 Å². The van der Waals surface area contributed by atoms with E-state index in [1.54, 1.807) is 18.2 Å². The molecule has 0 heterocycles. The molecular weight excluding hydrogens is 284 g/mol. The van der Waals surface area contributed by atoms with E-state index in [1.807, 2.05) is 0 Å². The van der Waals surface area contributed by atoms with Gasteiger partial charge in [-0.1, -0.05) is 18.2 Å². The summed E-state index contributed by atoms with van der Waals surface area (Å²) in [6.07, 6.45) is -9.96. The Bertz CT molecular complexity index is 437. The van der Waals surface area contributed by atoms with Crippen LogP contribution >= 0.6 is 0 Å². The molecule has 0 bridgehead atoms. The van der Waals surface area contributed by atoms with Gasteiger partial charge in [-0.25, -0.2) is 4.79 Å². The molecule has 0 amide bonds. The largest absolute Gasteiger partial charge is 0.425 e. The maximum absolute atomic E-state index is 11.6. The van der Waals surface area contributed by atoms with Crippen LogP contribution in [0.5, 0.6) is 5.75 Å². The van der Waals surface area contributed by atoms with Crippen LogP contribution in [-0.4, -0.2) is 73.7 Å². The molecule has 0 saturated heterocycles. The number of aliphatic hydroxyl groups is 6. The zero-order chi connectivity index (χ0) is 16.0. The van der Waals surface area contributed by atoms with Gasteiger partial charge in [0.15, 0.2) is 6.10 Å². The molecule has 1 rings (SSSR count). The van der Waals surface area contributed by atoms with Crippen LogP contribution < -0.4 is 4.74 Å². The molecule has 118 valence electrons. The molecule has 0 radical (unpaired) electrons. The van der Waals surface area contributed by atoms with Crippen molar-refractivity contribution < 1.29 is 40.2 Å². The van der Waals surface area contributed by atoms with E-state index >= 15 is 0 Å². The van der Waals surface area contributed by atoms with Crippen molar-refractivity contribution in [1.82, 2.24) is 0 Å². The van der Waals surface area contributed by atoms with Gasteiger partial charge in [-0.2, -0.15) is 0 Å². The maximum atomic E-state index is 11.6. The monoisotopic (exact) mass is 302 g/mol. The van der Waals surface area contributed by atoms with E-state index in [9.17, 15) is 25.2 Å². The summed E-state index contributed by atoms with van der Waals surface area (Å²) in [5, 5.41) is 55.9. The van der Waals surface area contributed by atoms with E-state index in [1.165, 1.54) is 12.1 Å². The summed E-state index contributed by atoms with van der Waals surface area (Å²) in [5.41, 5.74) is 0. The average molecular weight is 302 g/mol. The SMILES string of the molecule is O=C(Oc1ccccc1)C(O)[C@H](O)[C@@H](O)[C@H](O)[C@H](O)CO. The van der Waals surface area contributed by atoms with Crippen molar-refractivity contribution in [2.75, 3.05) is 6.61 Å². The first-order chi connectivity index (χ1) is 9.88. The van der Waals surface area contributed by atoms with Crippen molar-refractivity contribution in [2.45, 2.75) is 30.5 Å². The minimum Gasteiger partial charge on any atom is -0.425 e. The summed E-state index contributed by atoms with van der Waals surface area (Å²) in [5.74, 6) is -1.11. The minimum absolute atomic E-state index is 0.124. The lowest BCUT2D eigenvalue weighted by molar-refractivity contribution is -0.167. The van der Waals surface area contributed by atoms with Crippen molar-refractivity contribution in [3.05, 3.63) is 30.3 Å². The lowest BCUT2D eigenvalue weighted by Gasteiger charge is -2.27. The molecule has 21 heavy (non-hydrogen) atoms. The maximum Gasteiger partial charge on any atom is 0.343 e. The van der Waals surface area contributed by atoms with Crippen molar-refractivity contribution in [3.8, 4) is 5.75 Å². The van der Waals surface area contributed by atoms with Gasteiger partial charge in [0, 0.05) is 0 Å². The highest BCUT2D eigenvalue weighted by Gasteiger charge is 2.38. The third-order valence-electron chi connectivity index (χ3n) is 2.81. The Kier molecular flexibility index (Phi) is 6.69. The van der Waals surface area contributed by atoms with Crippen molar-refractivity contribution in [3.63, 3.8) is 0 Å². The molecule has 1 aromatic carbocycles. The van der Waals surface area contributed by atoms with Crippen LogP contribution in [0.1, 0.15) is 0 Å². The number of hydrogen-bond acceptors (Lipinski definition) is 8. The third-order valence-corrected chi connectivity index (χ3v) is 2.81. The van der Waals surface area contributed by atoms with Gasteiger partial charge in [0.25, 0.3) is 0 Å². The van der Waals surface area contributed by atoms with Gasteiger partial charge in [0.05, 0.1) is 6.61 Å². The average Bonchev–Trinajstić information content (AvgIpc) is 2.52. The number of ether oxygens (including phenoxy) is 1. The lowest BCUT2D eigenvalue weighted by atomic mass is 9.99. The van der Waals surface area contributed by atoms with E-state index in [0.717, 1.165) is 0 Å². The smallest absolute Gasteiger partial charge is 0.343 e. The molecule has 0 saturated carbocycles. The Morgan fingerprint density at radius 2 is 1.52 bits per heavy atom. The standard InChI is InChI=1S/C13H18O8/c14-6-8(15)9(16)10(17)11(18)12(19)13(20)21-7-4-2-1-3-5-7/h1-5,8-12,14-19H,6H2/t8-,9-,10+,11-,12?/m1/s1. The Balaban J connectivity index is 2.64. The fraction of sp³-hybridized carbons (Fsp3) is 0.462. The first-order valence-electron chi connectivity index (χ1n) is 6.16. The number of carbonyl (C=O) groups is 1. The van der Waals surface area contributed by atoms with Gasteiger partial charge in [0.2, 0.25) is 0 Å². The minimum atomic E-state index is -2.14. The van der Waals surface area contributed by atoms with Crippen molar-refractivity contribution in [1.29, 1.82) is 0 Å². The second-order valence-electron chi connectivity index (χ2n) is 4.40. The number of carbonyl (C=O) groups excluding carboxylic acids is 1. The Morgan fingerprint density at radius 3 is 2.05 bits per heavy atom. The molecule has 0 aliphatic heterocycles. The first kappa shape index (κ1) is 17.5. The highest BCUT2D eigenvalue weighted by molar-refractivity contribution is 5.77. The Labute approximate surface area is 120 Å². The summed E-state index contributed by atoms with van der Waals surface area (Å²) in [6.45, 7) is -0.866. The molecule has 1 unspecified atom stereocenters. The van der Waals surface area contributed by atoms with Gasteiger partial charge in [-0.3, -0.25) is 0 Å². The Morgan fingerprint density at radius 1 is 0.952 bits per heavy atom. The molecule has 1 aromatic rings. The van der Waals surface area contributed by atoms with Gasteiger partial charge >= 0.3 is 5.97 Å².